The zero-order chi connectivity index (χ0) is 13.8. The van der Waals surface area contributed by atoms with E-state index < -0.39 is 0 Å². The summed E-state index contributed by atoms with van der Waals surface area (Å²) in [5, 5.41) is 12.5. The number of carbonyl (C=O) groups excluding carboxylic acids is 1. The Morgan fingerprint density at radius 1 is 1.26 bits per heavy atom. The second kappa shape index (κ2) is 6.08. The highest BCUT2D eigenvalue weighted by molar-refractivity contribution is 9.10. The smallest absolute Gasteiger partial charge is 0.253 e. The first kappa shape index (κ1) is 13.9. The quantitative estimate of drug-likeness (QED) is 0.894. The van der Waals surface area contributed by atoms with Gasteiger partial charge in [0.15, 0.2) is 0 Å². The van der Waals surface area contributed by atoms with Crippen molar-refractivity contribution in [3.8, 4) is 5.75 Å². The van der Waals surface area contributed by atoms with Gasteiger partial charge >= 0.3 is 0 Å². The number of nitrogens with one attached hydrogen (secondary N) is 1. The summed E-state index contributed by atoms with van der Waals surface area (Å²) >= 11 is 9.32. The number of phenolic OH excluding ortho intramolecular Hbond substituents is 1. The number of halogens is 2. The molecule has 0 saturated carbocycles. The third-order valence-electron chi connectivity index (χ3n) is 2.56. The minimum absolute atomic E-state index is 0.173. The van der Waals surface area contributed by atoms with Crippen LogP contribution >= 0.6 is 27.5 Å². The molecule has 0 atom stereocenters. The molecule has 19 heavy (non-hydrogen) atoms. The zero-order valence-corrected chi connectivity index (χ0v) is 12.2. The largest absolute Gasteiger partial charge is 0.508 e. The molecule has 1 amide bonds. The van der Waals surface area contributed by atoms with Gasteiger partial charge in [0.05, 0.1) is 10.6 Å². The fourth-order valence-corrected chi connectivity index (χ4v) is 2.20. The van der Waals surface area contributed by atoms with Crippen molar-refractivity contribution in [3.63, 3.8) is 0 Å². The van der Waals surface area contributed by atoms with Crippen molar-refractivity contribution in [2.24, 2.45) is 0 Å². The van der Waals surface area contributed by atoms with E-state index in [0.717, 1.165) is 5.56 Å². The molecule has 0 aromatic heterocycles. The highest BCUT2D eigenvalue weighted by atomic mass is 79.9. The minimum atomic E-state index is -0.255. The summed E-state index contributed by atoms with van der Waals surface area (Å²) in [6.07, 6.45) is 0. The number of amides is 1. The average molecular weight is 341 g/mol. The summed E-state index contributed by atoms with van der Waals surface area (Å²) in [7, 11) is 0. The Kier molecular flexibility index (Phi) is 4.45. The lowest BCUT2D eigenvalue weighted by atomic mass is 10.2. The second-order valence-corrected chi connectivity index (χ2v) is 5.19. The third kappa shape index (κ3) is 3.49. The lowest BCUT2D eigenvalue weighted by Crippen LogP contribution is -2.23. The molecule has 2 aromatic rings. The van der Waals surface area contributed by atoms with Gasteiger partial charge in [0, 0.05) is 11.0 Å². The van der Waals surface area contributed by atoms with Crippen molar-refractivity contribution in [3.05, 3.63) is 63.1 Å². The minimum Gasteiger partial charge on any atom is -0.508 e. The van der Waals surface area contributed by atoms with E-state index in [1.807, 2.05) is 6.07 Å². The molecule has 3 nitrogen and oxygen atoms in total. The second-order valence-electron chi connectivity index (χ2n) is 3.95. The molecule has 0 unspecified atom stereocenters. The first-order chi connectivity index (χ1) is 9.08. The summed E-state index contributed by atoms with van der Waals surface area (Å²) in [5.41, 5.74) is 1.23. The molecule has 0 aliphatic carbocycles. The fraction of sp³-hybridized carbons (Fsp3) is 0.0714. The van der Waals surface area contributed by atoms with E-state index in [-0.39, 0.29) is 11.7 Å². The van der Waals surface area contributed by atoms with E-state index in [9.17, 15) is 9.90 Å². The van der Waals surface area contributed by atoms with Crippen LogP contribution in [0.15, 0.2) is 46.9 Å². The molecular weight excluding hydrogens is 330 g/mol. The van der Waals surface area contributed by atoms with Gasteiger partial charge in [-0.1, -0.05) is 29.8 Å². The van der Waals surface area contributed by atoms with Crippen molar-refractivity contribution < 1.29 is 9.90 Å². The molecule has 0 radical (unpaired) electrons. The van der Waals surface area contributed by atoms with E-state index in [1.165, 1.54) is 0 Å². The lowest BCUT2D eigenvalue weighted by Gasteiger charge is -2.08. The molecule has 0 aliphatic heterocycles. The molecule has 2 rings (SSSR count). The molecule has 2 N–H and O–H groups in total. The van der Waals surface area contributed by atoms with Crippen LogP contribution in [0.4, 0.5) is 0 Å². The number of phenols is 1. The van der Waals surface area contributed by atoms with Gasteiger partial charge in [-0.05, 0) is 45.8 Å². The van der Waals surface area contributed by atoms with Crippen molar-refractivity contribution >= 4 is 33.4 Å². The van der Waals surface area contributed by atoms with Crippen LogP contribution in [0.1, 0.15) is 15.9 Å². The van der Waals surface area contributed by atoms with Crippen molar-refractivity contribution in [2.45, 2.75) is 6.54 Å². The van der Waals surface area contributed by atoms with Crippen LogP contribution in [0.25, 0.3) is 0 Å². The number of carbonyl (C=O) groups is 1. The Labute approximate surface area is 124 Å². The van der Waals surface area contributed by atoms with Gasteiger partial charge in [0.2, 0.25) is 0 Å². The number of hydrogen-bond donors (Lipinski definition) is 2. The third-order valence-corrected chi connectivity index (χ3v) is 3.86. The van der Waals surface area contributed by atoms with Crippen LogP contribution in [0.5, 0.6) is 5.75 Å². The monoisotopic (exact) mass is 339 g/mol. The number of rotatable bonds is 3. The lowest BCUT2D eigenvalue weighted by molar-refractivity contribution is 0.0951. The Hall–Kier alpha value is -1.52. The summed E-state index contributed by atoms with van der Waals surface area (Å²) in [6, 6.07) is 11.9. The molecular formula is C14H11BrClNO2. The Morgan fingerprint density at radius 2 is 2.00 bits per heavy atom. The van der Waals surface area contributed by atoms with Crippen LogP contribution in [-0.2, 0) is 6.54 Å². The van der Waals surface area contributed by atoms with Gasteiger partial charge in [0.25, 0.3) is 5.91 Å². The highest BCUT2D eigenvalue weighted by Crippen LogP contribution is 2.25. The maximum absolute atomic E-state index is 12.0. The highest BCUT2D eigenvalue weighted by Gasteiger charge is 2.11. The molecule has 0 bridgehead atoms. The Balaban J connectivity index is 2.08. The van der Waals surface area contributed by atoms with Crippen LogP contribution in [0.3, 0.4) is 0 Å². The van der Waals surface area contributed by atoms with Crippen LogP contribution in [0, 0.1) is 0 Å². The first-order valence-corrected chi connectivity index (χ1v) is 6.75. The van der Waals surface area contributed by atoms with Gasteiger partial charge in [-0.25, -0.2) is 0 Å². The van der Waals surface area contributed by atoms with Crippen molar-refractivity contribution in [1.82, 2.24) is 5.32 Å². The van der Waals surface area contributed by atoms with Crippen LogP contribution in [-0.4, -0.2) is 11.0 Å². The van der Waals surface area contributed by atoms with Gasteiger partial charge in [-0.2, -0.15) is 0 Å². The summed E-state index contributed by atoms with van der Waals surface area (Å²) in [4.78, 5) is 12.0. The Bertz CT molecular complexity index is 616. The number of hydrogen-bond acceptors (Lipinski definition) is 2. The molecule has 0 aliphatic rings. The molecule has 0 heterocycles. The molecule has 0 spiro atoms. The first-order valence-electron chi connectivity index (χ1n) is 5.58. The fourth-order valence-electron chi connectivity index (χ4n) is 1.62. The van der Waals surface area contributed by atoms with E-state index in [2.05, 4.69) is 21.2 Å². The van der Waals surface area contributed by atoms with Gasteiger partial charge in [0.1, 0.15) is 5.75 Å². The molecule has 0 fully saturated rings. The van der Waals surface area contributed by atoms with E-state index >= 15 is 0 Å². The average Bonchev–Trinajstić information content (AvgIpc) is 2.39. The standard InChI is InChI=1S/C14H11BrClNO2/c15-12-6-2-5-11(13(12)16)14(19)17-8-9-3-1-4-10(18)7-9/h1-7,18H,8H2,(H,17,19). The maximum atomic E-state index is 12.0. The zero-order valence-electron chi connectivity index (χ0n) is 9.86. The summed E-state index contributed by atoms with van der Waals surface area (Å²) < 4.78 is 0.680. The van der Waals surface area contributed by atoms with E-state index in [1.54, 1.807) is 36.4 Å². The van der Waals surface area contributed by atoms with E-state index in [0.29, 0.717) is 21.6 Å². The molecule has 5 heteroatoms. The molecule has 2 aromatic carbocycles. The van der Waals surface area contributed by atoms with Gasteiger partial charge < -0.3 is 10.4 Å². The summed E-state index contributed by atoms with van der Waals surface area (Å²) in [6.45, 7) is 0.329. The van der Waals surface area contributed by atoms with Gasteiger partial charge in [-0.15, -0.1) is 0 Å². The predicted molar refractivity (Wildman–Crippen MR) is 78.4 cm³/mol. The normalized spacial score (nSPS) is 10.2. The van der Waals surface area contributed by atoms with Crippen LogP contribution in [0.2, 0.25) is 5.02 Å². The number of benzene rings is 2. The van der Waals surface area contributed by atoms with Gasteiger partial charge in [-0.3, -0.25) is 4.79 Å². The SMILES string of the molecule is O=C(NCc1cccc(O)c1)c1cccc(Br)c1Cl. The topological polar surface area (TPSA) is 49.3 Å². The number of aromatic hydroxyl groups is 1. The molecule has 0 saturated heterocycles. The maximum Gasteiger partial charge on any atom is 0.253 e. The Morgan fingerprint density at radius 3 is 2.74 bits per heavy atom. The summed E-state index contributed by atoms with van der Waals surface area (Å²) in [5.74, 6) is -0.0816. The van der Waals surface area contributed by atoms with E-state index in [4.69, 9.17) is 11.6 Å². The van der Waals surface area contributed by atoms with Crippen molar-refractivity contribution in [2.75, 3.05) is 0 Å². The predicted octanol–water partition coefficient (Wildman–Crippen LogP) is 3.74. The van der Waals surface area contributed by atoms with Crippen LogP contribution < -0.4 is 5.32 Å². The van der Waals surface area contributed by atoms with Crippen molar-refractivity contribution in [1.29, 1.82) is 0 Å². The molecule has 98 valence electrons.